The minimum absolute atomic E-state index is 0.396. The van der Waals surface area contributed by atoms with E-state index in [-0.39, 0.29) is 0 Å². The van der Waals surface area contributed by atoms with Crippen molar-refractivity contribution in [3.8, 4) is 5.69 Å². The lowest BCUT2D eigenvalue weighted by molar-refractivity contribution is -0.752. The van der Waals surface area contributed by atoms with Gasteiger partial charge in [0.15, 0.2) is 12.7 Å². The minimum Gasteiger partial charge on any atom is -0.124 e. The van der Waals surface area contributed by atoms with Crippen molar-refractivity contribution in [1.82, 2.24) is 4.68 Å². The van der Waals surface area contributed by atoms with Crippen LogP contribution in [-0.2, 0) is 17.4 Å². The first kappa shape index (κ1) is 13.7. The predicted molar refractivity (Wildman–Crippen MR) is 94.6 cm³/mol. The highest BCUT2D eigenvalue weighted by Crippen LogP contribution is 2.62. The lowest BCUT2D eigenvalue weighted by atomic mass is 9.47. The van der Waals surface area contributed by atoms with E-state index < -0.39 is 0 Å². The molecular formula is C22H27N2+. The van der Waals surface area contributed by atoms with Crippen molar-refractivity contribution in [3.05, 3.63) is 47.3 Å². The van der Waals surface area contributed by atoms with Crippen molar-refractivity contribution in [3.63, 3.8) is 0 Å². The average molecular weight is 319 g/mol. The van der Waals surface area contributed by atoms with Crippen LogP contribution in [0.15, 0.2) is 30.5 Å². The molecule has 2 nitrogen and oxygen atoms in total. The Bertz CT molecular complexity index is 816. The van der Waals surface area contributed by atoms with Crippen LogP contribution in [0.3, 0.4) is 0 Å². The van der Waals surface area contributed by atoms with Gasteiger partial charge in [0.05, 0.1) is 5.69 Å². The summed E-state index contributed by atoms with van der Waals surface area (Å²) in [6, 6.07) is 9.69. The Balaban J connectivity index is 1.72. The molecule has 2 spiro atoms. The summed E-state index contributed by atoms with van der Waals surface area (Å²) in [5.74, 6) is 0. The summed E-state index contributed by atoms with van der Waals surface area (Å²) in [7, 11) is 0. The smallest absolute Gasteiger partial charge is 0.124 e. The summed E-state index contributed by atoms with van der Waals surface area (Å²) < 4.78 is 5.09. The Morgan fingerprint density at radius 2 is 1.50 bits per heavy atom. The molecule has 0 N–H and O–H groups in total. The highest BCUT2D eigenvalue weighted by Gasteiger charge is 2.60. The van der Waals surface area contributed by atoms with E-state index in [9.17, 15) is 0 Å². The first-order valence-electron chi connectivity index (χ1n) is 10.1. The van der Waals surface area contributed by atoms with Crippen LogP contribution < -0.4 is 4.68 Å². The van der Waals surface area contributed by atoms with Gasteiger partial charge in [0.2, 0.25) is 0 Å². The molecule has 0 radical (unpaired) electrons. The highest BCUT2D eigenvalue weighted by molar-refractivity contribution is 5.59. The molecule has 0 amide bonds. The van der Waals surface area contributed by atoms with Gasteiger partial charge in [-0.15, -0.1) is 9.36 Å². The summed E-state index contributed by atoms with van der Waals surface area (Å²) in [5, 5.41) is 0. The van der Waals surface area contributed by atoms with Crippen LogP contribution in [0.4, 0.5) is 0 Å². The van der Waals surface area contributed by atoms with Gasteiger partial charge in [0.1, 0.15) is 5.69 Å². The molecule has 6 rings (SSSR count). The number of aromatic nitrogens is 2. The molecule has 2 aliphatic heterocycles. The van der Waals surface area contributed by atoms with Gasteiger partial charge < -0.3 is 0 Å². The fourth-order valence-electron chi connectivity index (χ4n) is 6.99. The molecule has 2 saturated carbocycles. The van der Waals surface area contributed by atoms with Gasteiger partial charge >= 0.3 is 0 Å². The van der Waals surface area contributed by atoms with E-state index in [0.29, 0.717) is 10.8 Å². The third-order valence-electron chi connectivity index (χ3n) is 7.89. The number of rotatable bonds is 0. The molecule has 0 atom stereocenters. The summed E-state index contributed by atoms with van der Waals surface area (Å²) in [6.07, 6.45) is 16.5. The van der Waals surface area contributed by atoms with E-state index in [4.69, 9.17) is 0 Å². The van der Waals surface area contributed by atoms with Gasteiger partial charge in [-0.25, -0.2) is 0 Å². The lowest BCUT2D eigenvalue weighted by Crippen LogP contribution is -2.56. The standard InChI is InChI=1S/C22H27N2/c1-3-11-21(12-4-1)18-9-7-8-17-16-23-15-10-19(24(23)20(17)18)22(21)13-5-2-6-14-22/h7-10,15H,1-6,11-14,16H2/q+1. The second-order valence-corrected chi connectivity index (χ2v) is 8.71. The highest BCUT2D eigenvalue weighted by atomic mass is 15.4. The Morgan fingerprint density at radius 1 is 0.792 bits per heavy atom. The van der Waals surface area contributed by atoms with Crippen molar-refractivity contribution in [1.29, 1.82) is 0 Å². The van der Waals surface area contributed by atoms with Crippen LogP contribution in [0.2, 0.25) is 0 Å². The SMILES string of the molecule is c1cc2c3c(c1)C1(CCCCC1)C1(CCCCC1)c1cc[n+](n1-3)C2. The largest absolute Gasteiger partial charge is 0.200 e. The van der Waals surface area contributed by atoms with Crippen LogP contribution in [0, 0.1) is 0 Å². The zero-order chi connectivity index (χ0) is 15.8. The van der Waals surface area contributed by atoms with Crippen molar-refractivity contribution in [2.75, 3.05) is 0 Å². The Hall–Kier alpha value is -1.57. The molecule has 1 aromatic carbocycles. The van der Waals surface area contributed by atoms with Crippen LogP contribution in [0.25, 0.3) is 5.69 Å². The molecule has 0 unspecified atom stereocenters. The van der Waals surface area contributed by atoms with Crippen LogP contribution in [-0.4, -0.2) is 4.68 Å². The van der Waals surface area contributed by atoms with E-state index in [0.717, 1.165) is 6.54 Å². The van der Waals surface area contributed by atoms with E-state index >= 15 is 0 Å². The number of hydrogen-bond donors (Lipinski definition) is 0. The quantitative estimate of drug-likeness (QED) is 0.538. The van der Waals surface area contributed by atoms with Crippen LogP contribution in [0.1, 0.15) is 81.0 Å². The van der Waals surface area contributed by atoms with E-state index in [1.54, 1.807) is 22.5 Å². The number of nitrogens with zero attached hydrogens (tertiary/aromatic N) is 2. The van der Waals surface area contributed by atoms with Crippen molar-refractivity contribution in [2.45, 2.75) is 81.6 Å². The fraction of sp³-hybridized carbons (Fsp3) is 0.591. The Kier molecular flexibility index (Phi) is 2.58. The molecule has 2 aliphatic carbocycles. The molecule has 3 heterocycles. The zero-order valence-corrected chi connectivity index (χ0v) is 14.6. The predicted octanol–water partition coefficient (Wildman–Crippen LogP) is 4.54. The molecule has 124 valence electrons. The molecule has 0 bridgehead atoms. The van der Waals surface area contributed by atoms with Gasteiger partial charge in [-0.1, -0.05) is 56.7 Å². The molecule has 2 fully saturated rings. The average Bonchev–Trinajstić information content (AvgIpc) is 3.21. The van der Waals surface area contributed by atoms with Crippen molar-refractivity contribution in [2.24, 2.45) is 0 Å². The van der Waals surface area contributed by atoms with Gasteiger partial charge in [-0.2, -0.15) is 0 Å². The Morgan fingerprint density at radius 3 is 2.25 bits per heavy atom. The topological polar surface area (TPSA) is 8.81 Å². The van der Waals surface area contributed by atoms with Gasteiger partial charge in [-0.3, -0.25) is 0 Å². The first-order valence-corrected chi connectivity index (χ1v) is 10.1. The summed E-state index contributed by atoms with van der Waals surface area (Å²) in [4.78, 5) is 0. The summed E-state index contributed by atoms with van der Waals surface area (Å²) in [6.45, 7) is 1.06. The van der Waals surface area contributed by atoms with Gasteiger partial charge in [0, 0.05) is 22.5 Å². The lowest BCUT2D eigenvalue weighted by Gasteiger charge is -2.57. The van der Waals surface area contributed by atoms with Gasteiger partial charge in [0.25, 0.3) is 0 Å². The number of fused-ring (bicyclic) bond motifs is 3. The molecule has 2 aromatic rings. The molecule has 24 heavy (non-hydrogen) atoms. The van der Waals surface area contributed by atoms with Crippen molar-refractivity contribution < 1.29 is 4.68 Å². The fourth-order valence-corrected chi connectivity index (χ4v) is 6.99. The molecule has 2 heteroatoms. The number of hydrogen-bond acceptors (Lipinski definition) is 0. The third-order valence-corrected chi connectivity index (χ3v) is 7.89. The molecular weight excluding hydrogens is 292 g/mol. The van der Waals surface area contributed by atoms with E-state index in [2.05, 4.69) is 39.8 Å². The third kappa shape index (κ3) is 1.39. The zero-order valence-electron chi connectivity index (χ0n) is 14.6. The van der Waals surface area contributed by atoms with Crippen LogP contribution >= 0.6 is 0 Å². The van der Waals surface area contributed by atoms with E-state index in [1.165, 1.54) is 64.2 Å². The summed E-state index contributed by atoms with van der Waals surface area (Å²) >= 11 is 0. The maximum atomic E-state index is 2.62. The van der Waals surface area contributed by atoms with Gasteiger partial charge in [-0.05, 0) is 31.2 Å². The molecule has 4 aliphatic rings. The van der Waals surface area contributed by atoms with E-state index in [1.807, 2.05) is 0 Å². The maximum absolute atomic E-state index is 2.62. The molecule has 0 saturated heterocycles. The maximum Gasteiger partial charge on any atom is 0.200 e. The number of benzene rings is 1. The molecule has 1 aromatic heterocycles. The van der Waals surface area contributed by atoms with Crippen LogP contribution in [0.5, 0.6) is 0 Å². The minimum atomic E-state index is 0.396. The second kappa shape index (κ2) is 4.53. The van der Waals surface area contributed by atoms with Crippen molar-refractivity contribution >= 4 is 0 Å². The normalized spacial score (nSPS) is 25.2. The monoisotopic (exact) mass is 319 g/mol. The number of para-hydroxylation sites is 1. The Labute approximate surface area is 144 Å². The second-order valence-electron chi connectivity index (χ2n) is 8.71. The summed E-state index contributed by atoms with van der Waals surface area (Å²) in [5.41, 5.74) is 7.28. The first-order chi connectivity index (χ1) is 11.9.